The lowest BCUT2D eigenvalue weighted by atomic mass is 10.1. The fourth-order valence-corrected chi connectivity index (χ4v) is 8.79. The minimum absolute atomic E-state index is 0.681. The summed E-state index contributed by atoms with van der Waals surface area (Å²) in [5.74, 6) is 0.681. The average Bonchev–Trinajstić information content (AvgIpc) is 3.65. The van der Waals surface area contributed by atoms with E-state index in [0.29, 0.717) is 5.95 Å². The molecule has 0 saturated heterocycles. The smallest absolute Gasteiger partial charge is 0.235 e. The Bertz CT molecular complexity index is 2950. The third-order valence-electron chi connectivity index (χ3n) is 9.70. The molecule has 10 aromatic rings. The fraction of sp³-hybridized carbons (Fsp3) is 0. The van der Waals surface area contributed by atoms with Gasteiger partial charge in [-0.15, -0.1) is 0 Å². The molecule has 1 aliphatic heterocycles. The zero-order valence-corrected chi connectivity index (χ0v) is 25.9. The van der Waals surface area contributed by atoms with E-state index in [9.17, 15) is 0 Å². The minimum atomic E-state index is 0.681. The van der Waals surface area contributed by atoms with Gasteiger partial charge in [-0.1, -0.05) is 115 Å². The molecular formula is C42H24N4S. The fourth-order valence-electron chi connectivity index (χ4n) is 7.68. The van der Waals surface area contributed by atoms with Crippen molar-refractivity contribution in [2.24, 2.45) is 0 Å². The largest absolute Gasteiger partial charge is 0.307 e. The molecule has 5 heteroatoms. The van der Waals surface area contributed by atoms with Gasteiger partial charge in [0.15, 0.2) is 0 Å². The first kappa shape index (κ1) is 25.3. The molecule has 0 aliphatic carbocycles. The Kier molecular flexibility index (Phi) is 5.02. The van der Waals surface area contributed by atoms with E-state index in [1.807, 2.05) is 0 Å². The lowest BCUT2D eigenvalue weighted by Gasteiger charge is -2.20. The van der Waals surface area contributed by atoms with E-state index in [1.165, 1.54) is 47.6 Å². The molecule has 4 nitrogen and oxygen atoms in total. The first-order valence-electron chi connectivity index (χ1n) is 15.8. The highest BCUT2D eigenvalue weighted by molar-refractivity contribution is 7.99. The van der Waals surface area contributed by atoms with Gasteiger partial charge in [0, 0.05) is 48.0 Å². The molecule has 11 rings (SSSR count). The van der Waals surface area contributed by atoms with Crippen LogP contribution in [-0.2, 0) is 0 Å². The summed E-state index contributed by atoms with van der Waals surface area (Å²) in [6.45, 7) is 0. The quantitative estimate of drug-likeness (QED) is 0.194. The van der Waals surface area contributed by atoms with Crippen molar-refractivity contribution in [3.63, 3.8) is 0 Å². The topological polar surface area (TPSA) is 35.6 Å². The van der Waals surface area contributed by atoms with Crippen LogP contribution in [0, 0.1) is 0 Å². The number of benzene rings is 7. The number of rotatable bonds is 2. The van der Waals surface area contributed by atoms with Crippen LogP contribution in [0.1, 0.15) is 0 Å². The van der Waals surface area contributed by atoms with E-state index in [0.717, 1.165) is 44.4 Å². The molecular weight excluding hydrogens is 593 g/mol. The predicted molar refractivity (Wildman–Crippen MR) is 195 cm³/mol. The van der Waals surface area contributed by atoms with E-state index in [-0.39, 0.29) is 0 Å². The monoisotopic (exact) mass is 616 g/mol. The van der Waals surface area contributed by atoms with Gasteiger partial charge in [0.1, 0.15) is 0 Å². The van der Waals surface area contributed by atoms with Gasteiger partial charge in [-0.2, -0.15) is 0 Å². The van der Waals surface area contributed by atoms with Crippen molar-refractivity contribution in [3.8, 4) is 22.9 Å². The van der Waals surface area contributed by atoms with Gasteiger partial charge < -0.3 is 4.57 Å². The van der Waals surface area contributed by atoms with Gasteiger partial charge in [-0.05, 0) is 53.2 Å². The van der Waals surface area contributed by atoms with Crippen molar-refractivity contribution in [1.29, 1.82) is 0 Å². The summed E-state index contributed by atoms with van der Waals surface area (Å²) in [6, 6.07) is 52.3. The van der Waals surface area contributed by atoms with Crippen LogP contribution in [0.15, 0.2) is 155 Å². The molecule has 0 fully saturated rings. The molecule has 0 amide bonds. The van der Waals surface area contributed by atoms with Gasteiger partial charge in [-0.3, -0.25) is 4.57 Å². The second-order valence-electron chi connectivity index (χ2n) is 12.2. The molecule has 0 saturated carbocycles. The summed E-state index contributed by atoms with van der Waals surface area (Å²) in [7, 11) is 0. The van der Waals surface area contributed by atoms with Crippen LogP contribution in [-0.4, -0.2) is 19.1 Å². The highest BCUT2D eigenvalue weighted by Crippen LogP contribution is 2.47. The first-order chi connectivity index (χ1) is 23.3. The number of aromatic nitrogens is 4. The van der Waals surface area contributed by atoms with Crippen LogP contribution in [0.25, 0.3) is 88.2 Å². The van der Waals surface area contributed by atoms with Gasteiger partial charge >= 0.3 is 0 Å². The van der Waals surface area contributed by atoms with Crippen molar-refractivity contribution >= 4 is 77.0 Å². The predicted octanol–water partition coefficient (Wildman–Crippen LogP) is 11.1. The summed E-state index contributed by atoms with van der Waals surface area (Å²) in [5.41, 5.74) is 8.75. The Morgan fingerprint density at radius 2 is 1.13 bits per heavy atom. The Hall–Kier alpha value is -5.91. The Labute approximate surface area is 273 Å². The van der Waals surface area contributed by atoms with Crippen LogP contribution >= 0.6 is 11.8 Å². The van der Waals surface area contributed by atoms with Gasteiger partial charge in [-0.25, -0.2) is 9.97 Å². The van der Waals surface area contributed by atoms with Gasteiger partial charge in [0.25, 0.3) is 0 Å². The maximum absolute atomic E-state index is 5.45. The van der Waals surface area contributed by atoms with Crippen molar-refractivity contribution in [3.05, 3.63) is 146 Å². The SMILES string of the molecule is c1ccc2c(c1)Sc1cccc3nc(-n4c5ccccc5c5ccc6c7ccccc7n(-c7ccc8ccccc8c7)c6c54)nc-2c13. The van der Waals surface area contributed by atoms with Gasteiger partial charge in [0.05, 0.1) is 33.3 Å². The third kappa shape index (κ3) is 3.44. The molecule has 47 heavy (non-hydrogen) atoms. The molecule has 0 atom stereocenters. The summed E-state index contributed by atoms with van der Waals surface area (Å²) in [6.07, 6.45) is 0. The van der Waals surface area contributed by atoms with Crippen LogP contribution in [0.5, 0.6) is 0 Å². The summed E-state index contributed by atoms with van der Waals surface area (Å²) >= 11 is 1.80. The molecule has 7 aromatic carbocycles. The van der Waals surface area contributed by atoms with Crippen molar-refractivity contribution < 1.29 is 0 Å². The van der Waals surface area contributed by atoms with Crippen LogP contribution in [0.4, 0.5) is 0 Å². The zero-order valence-electron chi connectivity index (χ0n) is 25.1. The minimum Gasteiger partial charge on any atom is -0.307 e. The molecule has 0 spiro atoms. The number of nitrogens with zero attached hydrogens (tertiary/aromatic N) is 4. The standard InChI is InChI=1S/C42H24N4S/c1-2-11-26-24-27(21-20-25(26)10-1)45-34-16-6-3-12-28(34)30-22-23-31-29-13-4-7-17-35(29)46(41(31)40(30)45)42-43-33-15-9-19-37-38(33)39(44-42)32-14-5-8-18-36(32)47-37/h1-24H. The molecule has 218 valence electrons. The van der Waals surface area contributed by atoms with Gasteiger partial charge in [0.2, 0.25) is 5.95 Å². The zero-order chi connectivity index (χ0) is 30.6. The molecule has 4 heterocycles. The van der Waals surface area contributed by atoms with E-state index >= 15 is 0 Å². The summed E-state index contributed by atoms with van der Waals surface area (Å²) in [5, 5.41) is 8.36. The Morgan fingerprint density at radius 1 is 0.468 bits per heavy atom. The van der Waals surface area contributed by atoms with E-state index in [2.05, 4.69) is 155 Å². The molecule has 1 aliphatic rings. The summed E-state index contributed by atoms with van der Waals surface area (Å²) in [4.78, 5) is 13.2. The molecule has 0 bridgehead atoms. The highest BCUT2D eigenvalue weighted by Gasteiger charge is 2.25. The van der Waals surface area contributed by atoms with Crippen LogP contribution < -0.4 is 0 Å². The number of hydrogen-bond donors (Lipinski definition) is 0. The molecule has 0 N–H and O–H groups in total. The van der Waals surface area contributed by atoms with Crippen molar-refractivity contribution in [2.45, 2.75) is 9.79 Å². The average molecular weight is 617 g/mol. The second-order valence-corrected chi connectivity index (χ2v) is 13.3. The Morgan fingerprint density at radius 3 is 1.96 bits per heavy atom. The van der Waals surface area contributed by atoms with Crippen molar-refractivity contribution in [2.75, 3.05) is 0 Å². The second kappa shape index (κ2) is 9.32. The van der Waals surface area contributed by atoms with Crippen molar-refractivity contribution in [1.82, 2.24) is 19.1 Å². The number of para-hydroxylation sites is 2. The molecule has 0 radical (unpaired) electrons. The van der Waals surface area contributed by atoms with Crippen LogP contribution in [0.2, 0.25) is 0 Å². The summed E-state index contributed by atoms with van der Waals surface area (Å²) < 4.78 is 4.74. The number of hydrogen-bond acceptors (Lipinski definition) is 3. The lowest BCUT2D eigenvalue weighted by molar-refractivity contribution is 1.01. The van der Waals surface area contributed by atoms with E-state index in [1.54, 1.807) is 11.8 Å². The molecule has 3 aromatic heterocycles. The molecule has 0 unspecified atom stereocenters. The van der Waals surface area contributed by atoms with E-state index < -0.39 is 0 Å². The maximum Gasteiger partial charge on any atom is 0.235 e. The maximum atomic E-state index is 5.45. The van der Waals surface area contributed by atoms with Crippen LogP contribution in [0.3, 0.4) is 0 Å². The first-order valence-corrected chi connectivity index (χ1v) is 16.7. The van der Waals surface area contributed by atoms with E-state index in [4.69, 9.17) is 9.97 Å². The highest BCUT2D eigenvalue weighted by atomic mass is 32.2. The number of fused-ring (bicyclic) bond motifs is 10. The third-order valence-corrected chi connectivity index (χ3v) is 10.8. The Balaban J connectivity index is 1.34. The normalized spacial score (nSPS) is 12.6. The lowest BCUT2D eigenvalue weighted by Crippen LogP contribution is -2.06.